The molecule has 0 saturated carbocycles. The zero-order valence-corrected chi connectivity index (χ0v) is 16.6. The highest BCUT2D eigenvalue weighted by Gasteiger charge is 2.37. The monoisotopic (exact) mass is 399 g/mol. The maximum atomic E-state index is 12.9. The first kappa shape index (κ1) is 20.5. The molecule has 2 heterocycles. The summed E-state index contributed by atoms with van der Waals surface area (Å²) in [6, 6.07) is 5.55. The van der Waals surface area contributed by atoms with Crippen molar-refractivity contribution in [2.24, 2.45) is 0 Å². The zero-order chi connectivity index (χ0) is 20.8. The summed E-state index contributed by atoms with van der Waals surface area (Å²) in [5.41, 5.74) is 1.12. The average Bonchev–Trinajstić information content (AvgIpc) is 3.17. The molecule has 29 heavy (non-hydrogen) atoms. The van der Waals surface area contributed by atoms with Gasteiger partial charge in [-0.2, -0.15) is 10.1 Å². The van der Waals surface area contributed by atoms with Crippen LogP contribution in [0.2, 0.25) is 0 Å². The van der Waals surface area contributed by atoms with E-state index in [0.29, 0.717) is 29.4 Å². The number of nitrogens with zero attached hydrogens (tertiary/aromatic N) is 4. The number of unbranched alkanes of at least 4 members (excludes halogenated alkanes) is 4. The van der Waals surface area contributed by atoms with Gasteiger partial charge in [0.05, 0.1) is 22.7 Å². The number of allylic oxidation sites excluding steroid dienone is 1. The summed E-state index contributed by atoms with van der Waals surface area (Å²) in [5, 5.41) is 18.8. The van der Waals surface area contributed by atoms with Crippen molar-refractivity contribution in [1.82, 2.24) is 14.8 Å². The highest BCUT2D eigenvalue weighted by atomic mass is 16.6. The van der Waals surface area contributed by atoms with Crippen LogP contribution >= 0.6 is 0 Å². The van der Waals surface area contributed by atoms with Crippen LogP contribution < -0.4 is 5.32 Å². The molecule has 1 aromatic carbocycles. The molecule has 1 aromatic heterocycles. The molecule has 9 nitrogen and oxygen atoms in total. The molecule has 0 amide bonds. The number of anilines is 1. The first-order valence-electron chi connectivity index (χ1n) is 9.82. The molecule has 0 unspecified atom stereocenters. The number of carbonyl (C=O) groups is 1. The Morgan fingerprint density at radius 1 is 1.28 bits per heavy atom. The van der Waals surface area contributed by atoms with Crippen molar-refractivity contribution in [1.29, 1.82) is 0 Å². The minimum absolute atomic E-state index is 0.0847. The molecule has 0 saturated heterocycles. The van der Waals surface area contributed by atoms with E-state index in [-0.39, 0.29) is 5.69 Å². The number of hydrogen-bond donors (Lipinski definition) is 1. The van der Waals surface area contributed by atoms with Crippen molar-refractivity contribution in [3.8, 4) is 0 Å². The van der Waals surface area contributed by atoms with Gasteiger partial charge in [0.25, 0.3) is 5.69 Å². The topological polar surface area (TPSA) is 112 Å². The number of aromatic nitrogens is 3. The largest absolute Gasteiger partial charge is 0.462 e. The molecule has 1 N–H and O–H groups in total. The van der Waals surface area contributed by atoms with E-state index in [1.807, 2.05) is 0 Å². The van der Waals surface area contributed by atoms with Gasteiger partial charge in [-0.1, -0.05) is 44.7 Å². The lowest BCUT2D eigenvalue weighted by Gasteiger charge is -2.28. The van der Waals surface area contributed by atoms with Crippen LogP contribution in [0.4, 0.5) is 11.6 Å². The molecule has 1 aliphatic rings. The summed E-state index contributed by atoms with van der Waals surface area (Å²) < 4.78 is 6.99. The number of nitro benzene ring substituents is 1. The molecular weight excluding hydrogens is 374 g/mol. The first-order valence-corrected chi connectivity index (χ1v) is 9.82. The van der Waals surface area contributed by atoms with E-state index < -0.39 is 16.9 Å². The third kappa shape index (κ3) is 4.44. The van der Waals surface area contributed by atoms with Gasteiger partial charge in [0, 0.05) is 11.8 Å². The van der Waals surface area contributed by atoms with Gasteiger partial charge in [0.1, 0.15) is 12.4 Å². The Labute approximate surface area is 168 Å². The lowest BCUT2D eigenvalue weighted by atomic mass is 9.94. The van der Waals surface area contributed by atoms with Crippen molar-refractivity contribution >= 4 is 17.6 Å². The number of ether oxygens (including phenoxy) is 1. The van der Waals surface area contributed by atoms with Crippen LogP contribution in [-0.2, 0) is 9.53 Å². The Morgan fingerprint density at radius 3 is 2.79 bits per heavy atom. The Hall–Kier alpha value is -3.23. The molecule has 3 rings (SSSR count). The van der Waals surface area contributed by atoms with E-state index in [0.717, 1.165) is 32.1 Å². The number of rotatable bonds is 9. The van der Waals surface area contributed by atoms with Gasteiger partial charge in [-0.05, 0) is 19.4 Å². The van der Waals surface area contributed by atoms with Gasteiger partial charge in [-0.15, -0.1) is 0 Å². The molecule has 0 bridgehead atoms. The van der Waals surface area contributed by atoms with Crippen LogP contribution in [0, 0.1) is 10.1 Å². The summed E-state index contributed by atoms with van der Waals surface area (Å²) in [6.45, 7) is 4.19. The molecule has 1 aliphatic heterocycles. The van der Waals surface area contributed by atoms with Gasteiger partial charge in [-0.3, -0.25) is 10.1 Å². The van der Waals surface area contributed by atoms with Gasteiger partial charge in [0.2, 0.25) is 5.95 Å². The fraction of sp³-hybridized carbons (Fsp3) is 0.450. The first-order chi connectivity index (χ1) is 14.0. The minimum atomic E-state index is -0.789. The number of benzene rings is 1. The molecule has 0 aliphatic carbocycles. The third-order valence-corrected chi connectivity index (χ3v) is 4.92. The van der Waals surface area contributed by atoms with E-state index >= 15 is 0 Å². The van der Waals surface area contributed by atoms with Crippen molar-refractivity contribution in [2.45, 2.75) is 52.0 Å². The predicted octanol–water partition coefficient (Wildman–Crippen LogP) is 3.99. The fourth-order valence-electron chi connectivity index (χ4n) is 3.48. The molecule has 9 heteroatoms. The van der Waals surface area contributed by atoms with Crippen LogP contribution in [0.5, 0.6) is 0 Å². The van der Waals surface area contributed by atoms with Gasteiger partial charge >= 0.3 is 5.97 Å². The second-order valence-corrected chi connectivity index (χ2v) is 6.96. The van der Waals surface area contributed by atoms with Crippen molar-refractivity contribution < 1.29 is 14.5 Å². The van der Waals surface area contributed by atoms with E-state index in [1.54, 1.807) is 25.1 Å². The summed E-state index contributed by atoms with van der Waals surface area (Å²) >= 11 is 0. The molecule has 0 radical (unpaired) electrons. The molecule has 0 fully saturated rings. The smallest absolute Gasteiger partial charge is 0.338 e. The molecular formula is C20H25N5O4. The molecule has 0 spiro atoms. The van der Waals surface area contributed by atoms with Crippen LogP contribution in [0.3, 0.4) is 0 Å². The second kappa shape index (κ2) is 9.31. The van der Waals surface area contributed by atoms with Gasteiger partial charge in [-0.25, -0.2) is 9.48 Å². The number of esters is 1. The maximum Gasteiger partial charge on any atom is 0.338 e. The maximum absolute atomic E-state index is 12.9. The summed E-state index contributed by atoms with van der Waals surface area (Å²) in [4.78, 5) is 28.2. The number of nitro groups is 1. The predicted molar refractivity (Wildman–Crippen MR) is 107 cm³/mol. The van der Waals surface area contributed by atoms with Crippen molar-refractivity contribution in [3.63, 3.8) is 0 Å². The van der Waals surface area contributed by atoms with Crippen LogP contribution in [-0.4, -0.2) is 32.3 Å². The Kier molecular flexibility index (Phi) is 6.58. The number of hydrogen-bond acceptors (Lipinski definition) is 7. The molecule has 2 aromatic rings. The number of para-hydroxylation sites is 1. The zero-order valence-electron chi connectivity index (χ0n) is 16.6. The fourth-order valence-corrected chi connectivity index (χ4v) is 3.48. The Bertz CT molecular complexity index is 921. The minimum Gasteiger partial charge on any atom is -0.462 e. The standard InChI is InChI=1S/C20H25N5O4/c1-3-4-5-6-9-12-29-19(26)17-14(2)23-20-21-13-22-24(20)18(17)15-10-7-8-11-16(15)25(27)28/h7-8,10-11,13,18H,3-6,9,12H2,1-2H3,(H,21,22,23)/t18-/m1/s1. The second-order valence-electron chi connectivity index (χ2n) is 6.96. The molecule has 1 atom stereocenters. The summed E-state index contributed by atoms with van der Waals surface area (Å²) in [7, 11) is 0. The van der Waals surface area contributed by atoms with Crippen molar-refractivity contribution in [3.05, 3.63) is 57.5 Å². The van der Waals surface area contributed by atoms with Crippen molar-refractivity contribution in [2.75, 3.05) is 11.9 Å². The summed E-state index contributed by atoms with van der Waals surface area (Å²) in [5.74, 6) is -0.0865. The number of fused-ring (bicyclic) bond motifs is 1. The van der Waals surface area contributed by atoms with Gasteiger partial charge < -0.3 is 10.1 Å². The van der Waals surface area contributed by atoms with Crippen LogP contribution in [0.1, 0.15) is 57.6 Å². The highest BCUT2D eigenvalue weighted by Crippen LogP contribution is 2.38. The van der Waals surface area contributed by atoms with E-state index in [1.165, 1.54) is 17.1 Å². The van der Waals surface area contributed by atoms with Gasteiger partial charge in [0.15, 0.2) is 0 Å². The molecule has 154 valence electrons. The Morgan fingerprint density at radius 2 is 2.03 bits per heavy atom. The van der Waals surface area contributed by atoms with Crippen LogP contribution in [0.15, 0.2) is 41.9 Å². The third-order valence-electron chi connectivity index (χ3n) is 4.92. The highest BCUT2D eigenvalue weighted by molar-refractivity contribution is 5.92. The van der Waals surface area contributed by atoms with E-state index in [4.69, 9.17) is 4.74 Å². The Balaban J connectivity index is 1.88. The van der Waals surface area contributed by atoms with Crippen LogP contribution in [0.25, 0.3) is 0 Å². The lowest BCUT2D eigenvalue weighted by Crippen LogP contribution is -2.30. The average molecular weight is 399 g/mol. The summed E-state index contributed by atoms with van der Waals surface area (Å²) in [6.07, 6.45) is 6.55. The van der Waals surface area contributed by atoms with E-state index in [2.05, 4.69) is 22.3 Å². The van der Waals surface area contributed by atoms with E-state index in [9.17, 15) is 14.9 Å². The lowest BCUT2D eigenvalue weighted by molar-refractivity contribution is -0.385. The number of nitrogens with one attached hydrogen (secondary N) is 1. The normalized spacial score (nSPS) is 15.6. The quantitative estimate of drug-likeness (QED) is 0.294. The number of carbonyl (C=O) groups excluding carboxylic acids is 1. The SMILES string of the molecule is CCCCCCCOC(=O)C1=C(C)Nc2ncnn2[C@@H]1c1ccccc1[N+](=O)[O-].